The maximum absolute atomic E-state index is 12.7. The Kier molecular flexibility index (Phi) is 4.07. The van der Waals surface area contributed by atoms with Gasteiger partial charge in [0, 0.05) is 18.6 Å². The van der Waals surface area contributed by atoms with Gasteiger partial charge in [0.15, 0.2) is 4.34 Å². The van der Waals surface area contributed by atoms with E-state index in [1.165, 1.54) is 11.1 Å². The van der Waals surface area contributed by atoms with Gasteiger partial charge in [-0.2, -0.15) is 0 Å². The number of amides is 1. The fourth-order valence-corrected chi connectivity index (χ4v) is 5.44. The number of thioether (sulfide) groups is 1. The second kappa shape index (κ2) is 6.18. The van der Waals surface area contributed by atoms with Crippen LogP contribution in [0.25, 0.3) is 10.2 Å². The second-order valence-electron chi connectivity index (χ2n) is 5.91. The average Bonchev–Trinajstić information content (AvgIpc) is 3.04. The van der Waals surface area contributed by atoms with Crippen molar-refractivity contribution in [1.82, 2.24) is 15.2 Å². The van der Waals surface area contributed by atoms with Crippen molar-refractivity contribution in [1.29, 1.82) is 0 Å². The summed E-state index contributed by atoms with van der Waals surface area (Å²) in [5, 5.41) is 3.44. The Hall–Kier alpha value is -1.11. The number of rotatable bonds is 3. The summed E-state index contributed by atoms with van der Waals surface area (Å²) < 4.78 is 2.19. The zero-order valence-electron chi connectivity index (χ0n) is 12.3. The van der Waals surface area contributed by atoms with E-state index in [1.807, 2.05) is 18.2 Å². The van der Waals surface area contributed by atoms with Crippen LogP contribution in [0.4, 0.5) is 0 Å². The van der Waals surface area contributed by atoms with Crippen LogP contribution in [0, 0.1) is 0 Å². The summed E-state index contributed by atoms with van der Waals surface area (Å²) in [6, 6.07) is 8.99. The number of hydrogen-bond acceptors (Lipinski definition) is 5. The number of carbonyl (C=O) groups is 1. The molecule has 2 aliphatic heterocycles. The van der Waals surface area contributed by atoms with E-state index in [4.69, 9.17) is 0 Å². The van der Waals surface area contributed by atoms with Crippen molar-refractivity contribution < 1.29 is 4.79 Å². The molecular formula is C16H19N3OS2. The van der Waals surface area contributed by atoms with Gasteiger partial charge in [-0.25, -0.2) is 4.98 Å². The predicted molar refractivity (Wildman–Crippen MR) is 91.5 cm³/mol. The first-order valence-electron chi connectivity index (χ1n) is 7.81. The Morgan fingerprint density at radius 3 is 3.09 bits per heavy atom. The minimum Gasteiger partial charge on any atom is -0.335 e. The van der Waals surface area contributed by atoms with Gasteiger partial charge in [0.25, 0.3) is 0 Å². The van der Waals surface area contributed by atoms with Crippen molar-refractivity contribution in [2.24, 2.45) is 0 Å². The summed E-state index contributed by atoms with van der Waals surface area (Å²) in [4.78, 5) is 19.4. The SMILES string of the molecule is O=C(CSc1nc2ccccc2s1)N1C2CCNCC1CC2. The first-order valence-corrected chi connectivity index (χ1v) is 9.62. The number of nitrogens with zero attached hydrogens (tertiary/aromatic N) is 2. The highest BCUT2D eigenvalue weighted by Crippen LogP contribution is 2.32. The molecular weight excluding hydrogens is 314 g/mol. The molecule has 0 aliphatic carbocycles. The summed E-state index contributed by atoms with van der Waals surface area (Å²) in [5.74, 6) is 0.785. The molecule has 2 atom stereocenters. The van der Waals surface area contributed by atoms with E-state index >= 15 is 0 Å². The Bertz CT molecular complexity index is 640. The summed E-state index contributed by atoms with van der Waals surface area (Å²) in [6.07, 6.45) is 3.41. The van der Waals surface area contributed by atoms with Crippen molar-refractivity contribution >= 4 is 39.2 Å². The first-order chi connectivity index (χ1) is 10.8. The van der Waals surface area contributed by atoms with Crippen LogP contribution >= 0.6 is 23.1 Å². The quantitative estimate of drug-likeness (QED) is 0.877. The number of benzene rings is 1. The van der Waals surface area contributed by atoms with Crippen molar-refractivity contribution in [3.63, 3.8) is 0 Å². The van der Waals surface area contributed by atoms with Crippen LogP contribution < -0.4 is 5.32 Å². The molecule has 4 nitrogen and oxygen atoms in total. The normalized spacial score (nSPS) is 24.6. The van der Waals surface area contributed by atoms with Crippen LogP contribution in [0.3, 0.4) is 0 Å². The number of para-hydroxylation sites is 1. The number of carbonyl (C=O) groups excluding carboxylic acids is 1. The highest BCUT2D eigenvalue weighted by Gasteiger charge is 2.37. The van der Waals surface area contributed by atoms with Crippen molar-refractivity contribution in [2.75, 3.05) is 18.8 Å². The highest BCUT2D eigenvalue weighted by atomic mass is 32.2. The predicted octanol–water partition coefficient (Wildman–Crippen LogP) is 2.74. The molecule has 1 N–H and O–H groups in total. The third kappa shape index (κ3) is 2.75. The van der Waals surface area contributed by atoms with Gasteiger partial charge in [0.05, 0.1) is 16.0 Å². The monoisotopic (exact) mass is 333 g/mol. The molecule has 2 unspecified atom stereocenters. The molecule has 2 fully saturated rings. The molecule has 2 aliphatic rings. The van der Waals surface area contributed by atoms with Gasteiger partial charge < -0.3 is 10.2 Å². The lowest BCUT2D eigenvalue weighted by molar-refractivity contribution is -0.130. The Labute approximate surface area is 138 Å². The average molecular weight is 333 g/mol. The van der Waals surface area contributed by atoms with Gasteiger partial charge in [-0.05, 0) is 37.9 Å². The van der Waals surface area contributed by atoms with Crippen LogP contribution in [-0.2, 0) is 4.79 Å². The lowest BCUT2D eigenvalue weighted by Gasteiger charge is -2.27. The van der Waals surface area contributed by atoms with Crippen LogP contribution in [0.5, 0.6) is 0 Å². The fourth-order valence-electron chi connectivity index (χ4n) is 3.50. The molecule has 2 aromatic rings. The molecule has 6 heteroatoms. The Morgan fingerprint density at radius 2 is 2.18 bits per heavy atom. The smallest absolute Gasteiger partial charge is 0.233 e. The largest absolute Gasteiger partial charge is 0.335 e. The summed E-state index contributed by atoms with van der Waals surface area (Å²) in [5.41, 5.74) is 1.03. The minimum absolute atomic E-state index is 0.278. The molecule has 2 bridgehead atoms. The Balaban J connectivity index is 1.43. The van der Waals surface area contributed by atoms with E-state index in [0.29, 0.717) is 17.8 Å². The van der Waals surface area contributed by atoms with Crippen LogP contribution in [0.2, 0.25) is 0 Å². The van der Waals surface area contributed by atoms with Gasteiger partial charge in [-0.15, -0.1) is 11.3 Å². The van der Waals surface area contributed by atoms with E-state index in [1.54, 1.807) is 23.1 Å². The molecule has 4 rings (SSSR count). The van der Waals surface area contributed by atoms with Gasteiger partial charge in [0.2, 0.25) is 5.91 Å². The molecule has 3 heterocycles. The van der Waals surface area contributed by atoms with Crippen molar-refractivity contribution in [3.05, 3.63) is 24.3 Å². The van der Waals surface area contributed by atoms with Crippen molar-refractivity contribution in [3.8, 4) is 0 Å². The van der Waals surface area contributed by atoms with Gasteiger partial charge in [-0.3, -0.25) is 4.79 Å². The van der Waals surface area contributed by atoms with Crippen LogP contribution in [0.15, 0.2) is 28.6 Å². The first kappa shape index (κ1) is 14.5. The molecule has 2 saturated heterocycles. The second-order valence-corrected chi connectivity index (χ2v) is 8.17. The molecule has 0 radical (unpaired) electrons. The van der Waals surface area contributed by atoms with Gasteiger partial charge >= 0.3 is 0 Å². The lowest BCUT2D eigenvalue weighted by atomic mass is 10.1. The summed E-state index contributed by atoms with van der Waals surface area (Å²) in [7, 11) is 0. The van der Waals surface area contributed by atoms with E-state index in [9.17, 15) is 4.79 Å². The zero-order chi connectivity index (χ0) is 14.9. The maximum atomic E-state index is 12.7. The van der Waals surface area contributed by atoms with Crippen LogP contribution in [0.1, 0.15) is 19.3 Å². The fraction of sp³-hybridized carbons (Fsp3) is 0.500. The number of thiazole rings is 1. The number of aromatic nitrogens is 1. The molecule has 1 aromatic carbocycles. The summed E-state index contributed by atoms with van der Waals surface area (Å²) >= 11 is 3.26. The Morgan fingerprint density at radius 1 is 1.32 bits per heavy atom. The topological polar surface area (TPSA) is 45.2 Å². The molecule has 1 aromatic heterocycles. The number of fused-ring (bicyclic) bond motifs is 3. The molecule has 22 heavy (non-hydrogen) atoms. The van der Waals surface area contributed by atoms with E-state index < -0.39 is 0 Å². The van der Waals surface area contributed by atoms with Crippen molar-refractivity contribution in [2.45, 2.75) is 35.7 Å². The lowest BCUT2D eigenvalue weighted by Crippen LogP contribution is -2.43. The zero-order valence-corrected chi connectivity index (χ0v) is 14.0. The van der Waals surface area contributed by atoms with Gasteiger partial charge in [-0.1, -0.05) is 23.9 Å². The standard InChI is InChI=1S/C16H19N3OS2/c20-15(19-11-5-6-12(19)9-17-8-7-11)10-21-16-18-13-3-1-2-4-14(13)22-16/h1-4,11-12,17H,5-10H2. The van der Waals surface area contributed by atoms with E-state index in [0.717, 1.165) is 35.8 Å². The maximum Gasteiger partial charge on any atom is 0.233 e. The third-order valence-corrected chi connectivity index (χ3v) is 6.70. The minimum atomic E-state index is 0.278. The molecule has 0 saturated carbocycles. The highest BCUT2D eigenvalue weighted by molar-refractivity contribution is 8.01. The van der Waals surface area contributed by atoms with E-state index in [2.05, 4.69) is 21.3 Å². The third-order valence-electron chi connectivity index (χ3n) is 4.54. The van der Waals surface area contributed by atoms with Crippen LogP contribution in [-0.4, -0.2) is 46.7 Å². The van der Waals surface area contributed by atoms with E-state index in [-0.39, 0.29) is 5.91 Å². The number of hydrogen-bond donors (Lipinski definition) is 1. The molecule has 116 valence electrons. The molecule has 1 amide bonds. The summed E-state index contributed by atoms with van der Waals surface area (Å²) in [6.45, 7) is 1.99. The van der Waals surface area contributed by atoms with Gasteiger partial charge in [0.1, 0.15) is 0 Å². The number of nitrogens with one attached hydrogen (secondary N) is 1. The molecule has 0 spiro atoms.